The number of unbranched alkanes of at least 4 members (excludes halogenated alkanes) is 5. The lowest BCUT2D eigenvalue weighted by Gasteiger charge is -2.32. The van der Waals surface area contributed by atoms with Gasteiger partial charge >= 0.3 is 0 Å². The molecule has 2 heteroatoms. The Morgan fingerprint density at radius 3 is 1.69 bits per heavy atom. The lowest BCUT2D eigenvalue weighted by atomic mass is 10.1. The fourth-order valence-corrected chi connectivity index (χ4v) is 6.10. The molecule has 0 amide bonds. The maximum absolute atomic E-state index is 6.89. The molecule has 0 rings (SSSR count). The van der Waals surface area contributed by atoms with Gasteiger partial charge in [-0.1, -0.05) is 73.1 Å². The number of halogens is 1. The quantitative estimate of drug-likeness (QED) is 0.258. The van der Waals surface area contributed by atoms with E-state index in [0.29, 0.717) is 11.1 Å². The van der Waals surface area contributed by atoms with Gasteiger partial charge in [0.25, 0.3) is 0 Å². The van der Waals surface area contributed by atoms with Crippen LogP contribution in [0.15, 0.2) is 0 Å². The summed E-state index contributed by atoms with van der Waals surface area (Å²) in [6.45, 7) is 11.5. The van der Waals surface area contributed by atoms with Crippen LogP contribution in [0.1, 0.15) is 73.1 Å². The summed E-state index contributed by atoms with van der Waals surface area (Å²) in [5, 5.41) is 0. The van der Waals surface area contributed by atoms with E-state index < -0.39 is 7.38 Å². The maximum atomic E-state index is 6.89. The third-order valence-electron chi connectivity index (χ3n) is 3.83. The van der Waals surface area contributed by atoms with Gasteiger partial charge in [0, 0.05) is 0 Å². The van der Waals surface area contributed by atoms with E-state index in [-0.39, 0.29) is 0 Å². The van der Waals surface area contributed by atoms with E-state index in [1.54, 1.807) is 0 Å². The molecule has 0 radical (unpaired) electrons. The Bertz CT molecular complexity index is 158. The van der Waals surface area contributed by atoms with Gasteiger partial charge in [-0.3, -0.25) is 0 Å². The van der Waals surface area contributed by atoms with E-state index in [2.05, 4.69) is 34.6 Å². The van der Waals surface area contributed by atoms with E-state index in [9.17, 15) is 0 Å². The number of rotatable bonds is 9. The van der Waals surface area contributed by atoms with Gasteiger partial charge < -0.3 is 0 Å². The first kappa shape index (κ1) is 16.5. The summed E-state index contributed by atoms with van der Waals surface area (Å²) in [5.41, 5.74) is 1.43. The van der Waals surface area contributed by atoms with E-state index in [1.807, 2.05) is 0 Å². The van der Waals surface area contributed by atoms with Crippen molar-refractivity contribution in [1.82, 2.24) is 0 Å². The summed E-state index contributed by atoms with van der Waals surface area (Å²) < 4.78 is 0. The first-order valence-corrected chi connectivity index (χ1v) is 10.5. The summed E-state index contributed by atoms with van der Waals surface area (Å²) in [6.07, 6.45) is 8.31. The average molecular weight is 263 g/mol. The van der Waals surface area contributed by atoms with Crippen LogP contribution in [0.2, 0.25) is 17.1 Å². The SMILES string of the molecule is CCCCCCCC[Si](Cl)(C(C)C)C(C)C. The Labute approximate surface area is 109 Å². The molecule has 0 saturated carbocycles. The fraction of sp³-hybridized carbons (Fsp3) is 1.00. The van der Waals surface area contributed by atoms with Crippen molar-refractivity contribution < 1.29 is 0 Å². The molecule has 0 aliphatic rings. The lowest BCUT2D eigenvalue weighted by molar-refractivity contribution is 0.620. The van der Waals surface area contributed by atoms with E-state index in [4.69, 9.17) is 11.1 Å². The van der Waals surface area contributed by atoms with Crippen LogP contribution in [-0.2, 0) is 0 Å². The van der Waals surface area contributed by atoms with Crippen molar-refractivity contribution in [2.75, 3.05) is 0 Å². The second kappa shape index (κ2) is 8.58. The molecular weight excluding hydrogens is 232 g/mol. The molecule has 0 atom stereocenters. The monoisotopic (exact) mass is 262 g/mol. The zero-order chi connectivity index (χ0) is 12.6. The standard InChI is InChI=1S/C14H31ClSi/c1-6-7-8-9-10-11-12-16(15,13(2)3)14(4)5/h13-14H,6-12H2,1-5H3. The molecule has 0 aliphatic heterocycles. The van der Waals surface area contributed by atoms with Crippen LogP contribution in [-0.4, -0.2) is 7.38 Å². The van der Waals surface area contributed by atoms with Crippen LogP contribution in [0.4, 0.5) is 0 Å². The van der Waals surface area contributed by atoms with Crippen molar-refractivity contribution in [3.05, 3.63) is 0 Å². The molecule has 16 heavy (non-hydrogen) atoms. The molecule has 0 saturated heterocycles. The third-order valence-corrected chi connectivity index (χ3v) is 12.0. The van der Waals surface area contributed by atoms with Crippen molar-refractivity contribution in [2.45, 2.75) is 90.3 Å². The summed E-state index contributed by atoms with van der Waals surface area (Å²) in [6, 6.07) is 1.32. The van der Waals surface area contributed by atoms with Crippen molar-refractivity contribution >= 4 is 18.5 Å². The minimum Gasteiger partial charge on any atom is -0.166 e. The minimum absolute atomic E-state index is 0.713. The number of hydrogen-bond donors (Lipinski definition) is 0. The van der Waals surface area contributed by atoms with Gasteiger partial charge in [0.2, 0.25) is 0 Å². The third kappa shape index (κ3) is 5.72. The Hall–Kier alpha value is 0.507. The van der Waals surface area contributed by atoms with Gasteiger partial charge in [-0.25, -0.2) is 0 Å². The van der Waals surface area contributed by atoms with Gasteiger partial charge in [0.15, 0.2) is 7.38 Å². The van der Waals surface area contributed by atoms with Crippen LogP contribution in [0.5, 0.6) is 0 Å². The predicted molar refractivity (Wildman–Crippen MR) is 80.0 cm³/mol. The van der Waals surface area contributed by atoms with Crippen LogP contribution < -0.4 is 0 Å². The molecule has 0 aliphatic carbocycles. The summed E-state index contributed by atoms with van der Waals surface area (Å²) in [4.78, 5) is 0. The van der Waals surface area contributed by atoms with Crippen LogP contribution in [0, 0.1) is 0 Å². The molecule has 0 heterocycles. The van der Waals surface area contributed by atoms with Crippen molar-refractivity contribution in [2.24, 2.45) is 0 Å². The van der Waals surface area contributed by atoms with E-state index in [1.165, 1.54) is 44.6 Å². The molecule has 0 nitrogen and oxygen atoms in total. The first-order valence-electron chi connectivity index (χ1n) is 7.14. The highest BCUT2D eigenvalue weighted by Crippen LogP contribution is 2.40. The topological polar surface area (TPSA) is 0 Å². The van der Waals surface area contributed by atoms with Crippen molar-refractivity contribution in [3.8, 4) is 0 Å². The smallest absolute Gasteiger partial charge is 0.161 e. The molecule has 0 aromatic rings. The second-order valence-electron chi connectivity index (χ2n) is 5.75. The summed E-state index contributed by atoms with van der Waals surface area (Å²) in [5.74, 6) is 0. The molecule has 0 unspecified atom stereocenters. The maximum Gasteiger partial charge on any atom is 0.161 e. The zero-order valence-corrected chi connectivity index (χ0v) is 13.7. The Morgan fingerprint density at radius 1 is 0.812 bits per heavy atom. The molecule has 0 N–H and O–H groups in total. The van der Waals surface area contributed by atoms with Gasteiger partial charge in [-0.15, -0.1) is 0 Å². The van der Waals surface area contributed by atoms with Crippen LogP contribution in [0.25, 0.3) is 0 Å². The van der Waals surface area contributed by atoms with Gasteiger partial charge in [-0.05, 0) is 17.1 Å². The largest absolute Gasteiger partial charge is 0.166 e. The molecule has 0 fully saturated rings. The van der Waals surface area contributed by atoms with E-state index >= 15 is 0 Å². The summed E-state index contributed by atoms with van der Waals surface area (Å²) >= 11 is 6.89. The molecule has 0 aromatic carbocycles. The molecule has 0 aromatic heterocycles. The normalized spacial score (nSPS) is 12.8. The predicted octanol–water partition coefficient (Wildman–Crippen LogP) is 6.35. The zero-order valence-electron chi connectivity index (χ0n) is 12.0. The Balaban J connectivity index is 3.78. The summed E-state index contributed by atoms with van der Waals surface area (Å²) in [7, 11) is -1.50. The van der Waals surface area contributed by atoms with Crippen molar-refractivity contribution in [1.29, 1.82) is 0 Å². The average Bonchev–Trinajstić information content (AvgIpc) is 2.22. The van der Waals surface area contributed by atoms with Crippen LogP contribution >= 0.6 is 11.1 Å². The highest BCUT2D eigenvalue weighted by atomic mass is 35.6. The van der Waals surface area contributed by atoms with Crippen LogP contribution in [0.3, 0.4) is 0 Å². The molecule has 0 bridgehead atoms. The lowest BCUT2D eigenvalue weighted by Crippen LogP contribution is -2.34. The van der Waals surface area contributed by atoms with E-state index in [0.717, 1.165) is 0 Å². The highest BCUT2D eigenvalue weighted by Gasteiger charge is 2.37. The second-order valence-corrected chi connectivity index (χ2v) is 12.5. The first-order chi connectivity index (χ1) is 7.45. The highest BCUT2D eigenvalue weighted by molar-refractivity contribution is 7.21. The minimum atomic E-state index is -1.50. The molecular formula is C14H31ClSi. The molecule has 98 valence electrons. The van der Waals surface area contributed by atoms with Gasteiger partial charge in [0.05, 0.1) is 0 Å². The fourth-order valence-electron chi connectivity index (χ4n) is 2.42. The number of hydrogen-bond acceptors (Lipinski definition) is 0. The Kier molecular flexibility index (Phi) is 8.85. The van der Waals surface area contributed by atoms with Gasteiger partial charge in [-0.2, -0.15) is 11.1 Å². The molecule has 0 spiro atoms. The van der Waals surface area contributed by atoms with Crippen molar-refractivity contribution in [3.63, 3.8) is 0 Å². The van der Waals surface area contributed by atoms with Gasteiger partial charge in [0.1, 0.15) is 0 Å². The Morgan fingerprint density at radius 2 is 1.25 bits per heavy atom.